The van der Waals surface area contributed by atoms with Crippen molar-refractivity contribution in [1.29, 1.82) is 0 Å². The van der Waals surface area contributed by atoms with E-state index in [0.717, 1.165) is 0 Å². The maximum atomic E-state index is 10.5. The van der Waals surface area contributed by atoms with Gasteiger partial charge in [0, 0.05) is 12.3 Å². The van der Waals surface area contributed by atoms with E-state index < -0.39 is 5.97 Å². The third-order valence-electron chi connectivity index (χ3n) is 1.50. The van der Waals surface area contributed by atoms with Crippen molar-refractivity contribution in [3.63, 3.8) is 0 Å². The molecule has 0 atom stereocenters. The molecule has 2 heterocycles. The molecule has 5 nitrogen and oxygen atoms in total. The Morgan fingerprint density at radius 1 is 1.38 bits per heavy atom. The molecule has 1 N–H and O–H groups in total. The average molecular weight is 179 g/mol. The minimum Gasteiger partial charge on any atom is -0.478 e. The number of aromatic carboxylic acids is 1. The van der Waals surface area contributed by atoms with E-state index in [-0.39, 0.29) is 11.4 Å². The first-order valence-electron chi connectivity index (χ1n) is 3.49. The van der Waals surface area contributed by atoms with Gasteiger partial charge in [0.05, 0.1) is 5.56 Å². The van der Waals surface area contributed by atoms with Crippen LogP contribution in [0.1, 0.15) is 10.4 Å². The highest BCUT2D eigenvalue weighted by molar-refractivity contribution is 5.87. The molecule has 0 saturated carbocycles. The van der Waals surface area contributed by atoms with E-state index in [1.54, 1.807) is 0 Å². The van der Waals surface area contributed by atoms with Gasteiger partial charge in [0.15, 0.2) is 5.75 Å². The van der Waals surface area contributed by atoms with E-state index in [4.69, 9.17) is 14.6 Å². The van der Waals surface area contributed by atoms with Gasteiger partial charge in [-0.05, 0) is 0 Å². The number of fused-ring (bicyclic) bond motifs is 1. The fraction of sp³-hybridized carbons (Fsp3) is 0. The first-order valence-corrected chi connectivity index (χ1v) is 3.49. The number of pyridine rings is 1. The Morgan fingerprint density at radius 2 is 2.15 bits per heavy atom. The standard InChI is InChI=1S/C8H5NO4/c10-8(11)5-3-6-7(9-4-5)13-2-1-12-6/h1-4H,(H,10,11). The quantitative estimate of drug-likeness (QED) is 0.697. The molecule has 0 amide bonds. The van der Waals surface area contributed by atoms with E-state index in [1.807, 2.05) is 0 Å². The summed E-state index contributed by atoms with van der Waals surface area (Å²) in [5.74, 6) is -0.469. The lowest BCUT2D eigenvalue weighted by molar-refractivity contribution is 0.0696. The highest BCUT2D eigenvalue weighted by atomic mass is 16.5. The molecule has 0 bridgehead atoms. The summed E-state index contributed by atoms with van der Waals surface area (Å²) < 4.78 is 9.93. The second-order valence-electron chi connectivity index (χ2n) is 2.34. The largest absolute Gasteiger partial charge is 0.478 e. The molecule has 0 fully saturated rings. The van der Waals surface area contributed by atoms with Crippen molar-refractivity contribution in [1.82, 2.24) is 4.98 Å². The molecule has 0 radical (unpaired) electrons. The van der Waals surface area contributed by atoms with Crippen molar-refractivity contribution in [2.75, 3.05) is 0 Å². The zero-order valence-electron chi connectivity index (χ0n) is 6.43. The molecule has 0 aromatic carbocycles. The smallest absolute Gasteiger partial charge is 0.337 e. The number of nitrogens with zero attached hydrogens (tertiary/aromatic N) is 1. The molecule has 0 unspecified atom stereocenters. The molecule has 66 valence electrons. The molecule has 1 aromatic rings. The van der Waals surface area contributed by atoms with E-state index in [9.17, 15) is 4.79 Å². The average Bonchev–Trinajstić information content (AvgIpc) is 2.17. The fourth-order valence-corrected chi connectivity index (χ4v) is 0.915. The lowest BCUT2D eigenvalue weighted by Gasteiger charge is -2.10. The van der Waals surface area contributed by atoms with Crippen LogP contribution >= 0.6 is 0 Å². The van der Waals surface area contributed by atoms with Crippen molar-refractivity contribution in [3.05, 3.63) is 30.4 Å². The predicted octanol–water partition coefficient (Wildman–Crippen LogP) is 1.02. The van der Waals surface area contributed by atoms with Gasteiger partial charge < -0.3 is 14.6 Å². The third kappa shape index (κ3) is 1.31. The molecule has 5 heteroatoms. The number of carboxylic acid groups (broad SMARTS) is 1. The number of aromatic nitrogens is 1. The summed E-state index contributed by atoms with van der Waals surface area (Å²) in [6.45, 7) is 0. The van der Waals surface area contributed by atoms with E-state index >= 15 is 0 Å². The Morgan fingerprint density at radius 3 is 2.92 bits per heavy atom. The molecule has 13 heavy (non-hydrogen) atoms. The fourth-order valence-electron chi connectivity index (χ4n) is 0.915. The van der Waals surface area contributed by atoms with Gasteiger partial charge >= 0.3 is 5.97 Å². The van der Waals surface area contributed by atoms with Gasteiger partial charge in [0.2, 0.25) is 0 Å². The maximum Gasteiger partial charge on any atom is 0.337 e. The van der Waals surface area contributed by atoms with E-state index in [2.05, 4.69) is 4.98 Å². The van der Waals surface area contributed by atoms with Gasteiger partial charge in [-0.3, -0.25) is 0 Å². The Kier molecular flexibility index (Phi) is 1.63. The van der Waals surface area contributed by atoms with Crippen LogP contribution in [0.25, 0.3) is 0 Å². The second-order valence-corrected chi connectivity index (χ2v) is 2.34. The first-order chi connectivity index (χ1) is 6.27. The normalized spacial score (nSPS) is 12.6. The Labute approximate surface area is 73.2 Å². The summed E-state index contributed by atoms with van der Waals surface area (Å²) in [7, 11) is 0. The summed E-state index contributed by atoms with van der Waals surface area (Å²) in [6, 6.07) is 1.36. The lowest BCUT2D eigenvalue weighted by Crippen LogP contribution is -2.02. The number of carbonyl (C=O) groups is 1. The van der Waals surface area contributed by atoms with Gasteiger partial charge in [-0.15, -0.1) is 0 Å². The lowest BCUT2D eigenvalue weighted by atomic mass is 10.3. The topological polar surface area (TPSA) is 68.7 Å². The van der Waals surface area contributed by atoms with E-state index in [1.165, 1.54) is 24.8 Å². The zero-order chi connectivity index (χ0) is 9.26. The molecular weight excluding hydrogens is 174 g/mol. The number of ether oxygens (including phenoxy) is 2. The van der Waals surface area contributed by atoms with Crippen LogP contribution in [0.4, 0.5) is 0 Å². The van der Waals surface area contributed by atoms with Gasteiger partial charge in [-0.2, -0.15) is 0 Å². The molecule has 1 aliphatic heterocycles. The van der Waals surface area contributed by atoms with Gasteiger partial charge in [-0.1, -0.05) is 0 Å². The van der Waals surface area contributed by atoms with Crippen LogP contribution in [-0.2, 0) is 0 Å². The van der Waals surface area contributed by atoms with Crippen molar-refractivity contribution in [2.24, 2.45) is 0 Å². The van der Waals surface area contributed by atoms with Crippen LogP contribution in [0.2, 0.25) is 0 Å². The number of hydrogen-bond donors (Lipinski definition) is 1. The van der Waals surface area contributed by atoms with Crippen LogP contribution in [0.15, 0.2) is 24.8 Å². The summed E-state index contributed by atoms with van der Waals surface area (Å²) in [5.41, 5.74) is 0.0673. The molecule has 0 aliphatic carbocycles. The highest BCUT2D eigenvalue weighted by Gasteiger charge is 2.13. The molecular formula is C8H5NO4. The maximum absolute atomic E-state index is 10.5. The summed E-state index contributed by atoms with van der Waals surface area (Å²) in [6.07, 6.45) is 3.86. The minimum absolute atomic E-state index is 0.0673. The van der Waals surface area contributed by atoms with Crippen molar-refractivity contribution < 1.29 is 19.4 Å². The Bertz CT molecular complexity index is 386. The summed E-state index contributed by atoms with van der Waals surface area (Å²) in [5, 5.41) is 8.63. The first kappa shape index (κ1) is 7.60. The summed E-state index contributed by atoms with van der Waals surface area (Å²) >= 11 is 0. The number of hydrogen-bond acceptors (Lipinski definition) is 4. The Hall–Kier alpha value is -2.04. The van der Waals surface area contributed by atoms with E-state index in [0.29, 0.717) is 5.75 Å². The van der Waals surface area contributed by atoms with Crippen LogP contribution in [0, 0.1) is 0 Å². The number of carboxylic acids is 1. The van der Waals surface area contributed by atoms with Gasteiger partial charge in [0.1, 0.15) is 12.5 Å². The minimum atomic E-state index is -1.05. The second kappa shape index (κ2) is 2.78. The van der Waals surface area contributed by atoms with Crippen molar-refractivity contribution in [2.45, 2.75) is 0 Å². The Balaban J connectivity index is 2.44. The summed E-state index contributed by atoms with van der Waals surface area (Å²) in [4.78, 5) is 14.3. The molecule has 0 saturated heterocycles. The van der Waals surface area contributed by atoms with Crippen LogP contribution in [0.5, 0.6) is 11.6 Å². The molecule has 0 spiro atoms. The highest BCUT2D eigenvalue weighted by Crippen LogP contribution is 2.28. The number of rotatable bonds is 1. The zero-order valence-corrected chi connectivity index (χ0v) is 6.43. The van der Waals surface area contributed by atoms with Crippen molar-refractivity contribution >= 4 is 5.97 Å². The van der Waals surface area contributed by atoms with Crippen LogP contribution in [0.3, 0.4) is 0 Å². The molecule has 1 aliphatic rings. The van der Waals surface area contributed by atoms with Crippen LogP contribution in [-0.4, -0.2) is 16.1 Å². The SMILES string of the molecule is O=C(O)c1cnc2c(c1)OC=CO2. The monoisotopic (exact) mass is 179 g/mol. The molecule has 1 aromatic heterocycles. The van der Waals surface area contributed by atoms with Crippen molar-refractivity contribution in [3.8, 4) is 11.6 Å². The van der Waals surface area contributed by atoms with Gasteiger partial charge in [0.25, 0.3) is 5.88 Å². The molecule has 2 rings (SSSR count). The predicted molar refractivity (Wildman–Crippen MR) is 41.6 cm³/mol. The van der Waals surface area contributed by atoms with Crippen LogP contribution < -0.4 is 9.47 Å². The third-order valence-corrected chi connectivity index (χ3v) is 1.50. The van der Waals surface area contributed by atoms with Gasteiger partial charge in [-0.25, -0.2) is 9.78 Å².